The van der Waals surface area contributed by atoms with Crippen molar-refractivity contribution in [1.29, 1.82) is 0 Å². The highest BCUT2D eigenvalue weighted by Crippen LogP contribution is 2.21. The number of aromatic amines is 1. The van der Waals surface area contributed by atoms with E-state index in [-0.39, 0.29) is 41.0 Å². The number of pyridine rings is 1. The maximum absolute atomic E-state index is 13.6. The number of aliphatic hydroxyl groups is 1. The molecule has 3 N–H and O–H groups in total. The van der Waals surface area contributed by atoms with Crippen molar-refractivity contribution >= 4 is 16.1 Å². The van der Waals surface area contributed by atoms with Crippen LogP contribution in [0.15, 0.2) is 82.6 Å². The van der Waals surface area contributed by atoms with Gasteiger partial charge in [0.2, 0.25) is 15.6 Å². The molecule has 0 saturated carbocycles. The number of quaternary nitrogens is 1. The minimum Gasteiger partial charge on any atom is -0.497 e. The molecule has 40 heavy (non-hydrogen) atoms. The van der Waals surface area contributed by atoms with E-state index in [2.05, 4.69) is 4.98 Å². The van der Waals surface area contributed by atoms with E-state index in [4.69, 9.17) is 9.47 Å². The van der Waals surface area contributed by atoms with Crippen LogP contribution in [0.4, 0.5) is 4.79 Å². The summed E-state index contributed by atoms with van der Waals surface area (Å²) in [5.74, 6) is 0.517. The van der Waals surface area contributed by atoms with Crippen molar-refractivity contribution in [3.05, 3.63) is 94.4 Å². The fourth-order valence-corrected chi connectivity index (χ4v) is 5.92. The van der Waals surface area contributed by atoms with Crippen LogP contribution in [0.1, 0.15) is 25.0 Å². The lowest BCUT2D eigenvalue weighted by Crippen LogP contribution is -3.17. The monoisotopic (exact) mass is 572 g/mol. The van der Waals surface area contributed by atoms with Gasteiger partial charge in [-0.05, 0) is 41.8 Å². The van der Waals surface area contributed by atoms with Crippen LogP contribution < -0.4 is 15.2 Å². The number of benzene rings is 2. The summed E-state index contributed by atoms with van der Waals surface area (Å²) in [5.41, 5.74) is 1.22. The van der Waals surface area contributed by atoms with E-state index in [1.807, 2.05) is 44.2 Å². The van der Waals surface area contributed by atoms with Gasteiger partial charge in [-0.15, -0.1) is 0 Å². The number of rotatable bonds is 13. The molecule has 3 rings (SSSR count). The number of hydrogen-bond donors (Lipinski definition) is 3. The molecule has 0 aliphatic rings. The van der Waals surface area contributed by atoms with Crippen molar-refractivity contribution in [2.45, 2.75) is 43.9 Å². The van der Waals surface area contributed by atoms with Gasteiger partial charge in [-0.25, -0.2) is 13.3 Å². The molecule has 0 fully saturated rings. The first-order valence-corrected chi connectivity index (χ1v) is 14.5. The van der Waals surface area contributed by atoms with Crippen LogP contribution >= 0.6 is 0 Å². The lowest BCUT2D eigenvalue weighted by atomic mass is 10.00. The quantitative estimate of drug-likeness (QED) is 0.285. The van der Waals surface area contributed by atoms with Gasteiger partial charge >= 0.3 is 6.09 Å². The number of nitrogens with zero attached hydrogens (tertiary/aromatic N) is 1. The fraction of sp³-hybridized carbons (Fsp3) is 0.379. The van der Waals surface area contributed by atoms with Gasteiger partial charge in [0, 0.05) is 37.3 Å². The first kappa shape index (κ1) is 31.0. The number of aliphatic hydroxyl groups excluding tert-OH is 1. The second-order valence-electron chi connectivity index (χ2n) is 10.1. The molecule has 11 heteroatoms. The van der Waals surface area contributed by atoms with Gasteiger partial charge in [-0.3, -0.25) is 4.79 Å². The van der Waals surface area contributed by atoms with Gasteiger partial charge in [0.1, 0.15) is 24.5 Å². The van der Waals surface area contributed by atoms with E-state index < -0.39 is 28.3 Å². The molecule has 1 aromatic heterocycles. The predicted octanol–water partition coefficient (Wildman–Crippen LogP) is 1.85. The molecule has 0 aliphatic carbocycles. The lowest BCUT2D eigenvalue weighted by Gasteiger charge is -2.31. The molecule has 0 saturated heterocycles. The molecule has 216 valence electrons. The van der Waals surface area contributed by atoms with Crippen LogP contribution in [-0.2, 0) is 27.8 Å². The van der Waals surface area contributed by atoms with E-state index in [0.29, 0.717) is 17.7 Å². The van der Waals surface area contributed by atoms with Gasteiger partial charge in [0.05, 0.1) is 19.1 Å². The van der Waals surface area contributed by atoms with Gasteiger partial charge < -0.3 is 19.6 Å². The Morgan fingerprint density at radius 1 is 1.00 bits per heavy atom. The molecule has 0 aliphatic heterocycles. The maximum atomic E-state index is 13.6. The van der Waals surface area contributed by atoms with Crippen LogP contribution in [0.2, 0.25) is 0 Å². The largest absolute Gasteiger partial charge is 0.514 e. The second kappa shape index (κ2) is 14.2. The van der Waals surface area contributed by atoms with E-state index in [1.54, 1.807) is 25.2 Å². The fourth-order valence-electron chi connectivity index (χ4n) is 4.30. The average Bonchev–Trinajstić information content (AvgIpc) is 2.95. The predicted molar refractivity (Wildman–Crippen MR) is 151 cm³/mol. The Bertz CT molecular complexity index is 1370. The number of likely N-dealkylation sites (N-methyl/N-ethyl adjacent to an activating group) is 1. The van der Waals surface area contributed by atoms with E-state index in [0.717, 1.165) is 5.56 Å². The Hall–Kier alpha value is -3.51. The van der Waals surface area contributed by atoms with Crippen LogP contribution in [0.25, 0.3) is 0 Å². The van der Waals surface area contributed by atoms with Gasteiger partial charge in [-0.2, -0.15) is 9.10 Å². The second-order valence-corrected chi connectivity index (χ2v) is 12.0. The third kappa shape index (κ3) is 8.49. The van der Waals surface area contributed by atoms with Crippen molar-refractivity contribution in [3.8, 4) is 5.75 Å². The van der Waals surface area contributed by atoms with E-state index >= 15 is 0 Å². The van der Waals surface area contributed by atoms with Crippen molar-refractivity contribution in [1.82, 2.24) is 9.29 Å². The number of hydrogen-bond acceptors (Lipinski definition) is 7. The Morgan fingerprint density at radius 2 is 1.68 bits per heavy atom. The van der Waals surface area contributed by atoms with Gasteiger partial charge in [0.15, 0.2) is 0 Å². The van der Waals surface area contributed by atoms with E-state index in [1.165, 1.54) is 35.8 Å². The van der Waals surface area contributed by atoms with Crippen molar-refractivity contribution in [2.24, 2.45) is 5.92 Å². The lowest BCUT2D eigenvalue weighted by molar-refractivity contribution is -0.835. The number of carbonyl (C=O) groups is 1. The number of H-pyrrole nitrogens is 1. The third-order valence-corrected chi connectivity index (χ3v) is 8.36. The van der Waals surface area contributed by atoms with Crippen LogP contribution in [-0.4, -0.2) is 68.3 Å². The third-order valence-electron chi connectivity index (χ3n) is 6.52. The van der Waals surface area contributed by atoms with Crippen molar-refractivity contribution < 1.29 is 32.7 Å². The number of nitrogens with one attached hydrogen (secondary N) is 2. The summed E-state index contributed by atoms with van der Waals surface area (Å²) in [7, 11) is -0.859. The summed E-state index contributed by atoms with van der Waals surface area (Å²) < 4.78 is 39.1. The van der Waals surface area contributed by atoms with Crippen LogP contribution in [0, 0.1) is 5.92 Å². The summed E-state index contributed by atoms with van der Waals surface area (Å²) >= 11 is 0. The molecule has 3 atom stereocenters. The molecule has 0 radical (unpaired) electrons. The number of amides is 1. The highest BCUT2D eigenvalue weighted by Gasteiger charge is 2.37. The minimum absolute atomic E-state index is 0.0137. The van der Waals surface area contributed by atoms with Crippen LogP contribution in [0.3, 0.4) is 0 Å². The zero-order chi connectivity index (χ0) is 29.3. The zero-order valence-electron chi connectivity index (χ0n) is 23.2. The Kier molecular flexibility index (Phi) is 11.0. The molecule has 0 bridgehead atoms. The molecular weight excluding hydrogens is 534 g/mol. The van der Waals surface area contributed by atoms with Crippen LogP contribution in [0.5, 0.6) is 5.75 Å². The number of alkyl carbamates (subject to hydrolysis) is 2. The number of ether oxygens (including phenoxy) is 2. The number of sulfonamides is 1. The molecule has 2 aromatic carbocycles. The molecular formula is C29H38N3O7S+. The first-order chi connectivity index (χ1) is 19.0. The number of aromatic nitrogens is 1. The Morgan fingerprint density at radius 3 is 2.25 bits per heavy atom. The molecule has 0 spiro atoms. The van der Waals surface area contributed by atoms with Crippen molar-refractivity contribution in [3.63, 3.8) is 0 Å². The topological polar surface area (TPSA) is 130 Å². The normalized spacial score (nSPS) is 14.1. The SMILES string of the molecule is COc1ccc(S(=O)(=O)N(CC(C)C)C[C@@H](O)[C@H](Cc2ccccc2)[NH+](C)C(=O)OCc2ccc(=O)[nH]c2)cc1. The molecule has 10 nitrogen and oxygen atoms in total. The Balaban J connectivity index is 1.84. The zero-order valence-corrected chi connectivity index (χ0v) is 24.1. The first-order valence-electron chi connectivity index (χ1n) is 13.1. The standard InChI is InChI=1S/C29H37N3O7S/c1-21(2)18-32(40(36,37)25-13-11-24(38-4)12-14-25)19-27(33)26(16-22-8-6-5-7-9-22)31(3)29(35)39-20-23-10-15-28(34)30-17-23/h5-15,17,21,26-27,33H,16,18-20H2,1-4H3,(H,30,34)/p+1/t26-,27+/m0/s1. The van der Waals surface area contributed by atoms with E-state index in [9.17, 15) is 23.1 Å². The summed E-state index contributed by atoms with van der Waals surface area (Å²) in [6.45, 7) is 3.70. The molecule has 3 aromatic rings. The smallest absolute Gasteiger partial charge is 0.497 e. The summed E-state index contributed by atoms with van der Waals surface area (Å²) in [4.78, 5) is 27.3. The van der Waals surface area contributed by atoms with Gasteiger partial charge in [0.25, 0.3) is 0 Å². The molecule has 1 unspecified atom stereocenters. The van der Waals surface area contributed by atoms with Crippen molar-refractivity contribution in [2.75, 3.05) is 27.2 Å². The molecule has 1 amide bonds. The molecule has 1 heterocycles. The Labute approximate surface area is 235 Å². The summed E-state index contributed by atoms with van der Waals surface area (Å²) in [6.07, 6.45) is -0.0402. The van der Waals surface area contributed by atoms with Gasteiger partial charge in [-0.1, -0.05) is 44.2 Å². The summed E-state index contributed by atoms with van der Waals surface area (Å²) in [6, 6.07) is 17.7. The maximum Gasteiger partial charge on any atom is 0.514 e. The highest BCUT2D eigenvalue weighted by molar-refractivity contribution is 7.89. The number of methoxy groups -OCH3 is 1. The summed E-state index contributed by atoms with van der Waals surface area (Å²) in [5, 5.41) is 11.5. The minimum atomic E-state index is -3.95. The average molecular weight is 573 g/mol. The number of carbonyl (C=O) groups excluding carboxylic acids is 1. The highest BCUT2D eigenvalue weighted by atomic mass is 32.2.